The van der Waals surface area contributed by atoms with Gasteiger partial charge in [0.05, 0.1) is 20.6 Å². The molecule has 3 atom stereocenters. The monoisotopic (exact) mass is 379 g/mol. The lowest BCUT2D eigenvalue weighted by atomic mass is 9.71. The van der Waals surface area contributed by atoms with Crippen molar-refractivity contribution in [1.82, 2.24) is 15.6 Å². The standard InChI is InChI=1S/C19H25N3OS.ClH/c1-2-19(12-13-9-10-16(19)21-13)18(23)20-11-5-8-17-22-14-6-3-4-7-15(14)24-17;/h3-4,6-7,13,16,21H,2,5,8-12H2,1H3,(H,20,23);1H/t13-,16+,19+;/m0./s1. The van der Waals surface area contributed by atoms with E-state index in [4.69, 9.17) is 0 Å². The van der Waals surface area contributed by atoms with Gasteiger partial charge in [-0.15, -0.1) is 23.7 Å². The maximum Gasteiger partial charge on any atom is 0.227 e. The van der Waals surface area contributed by atoms with Crippen LogP contribution in [0.5, 0.6) is 0 Å². The van der Waals surface area contributed by atoms with E-state index >= 15 is 0 Å². The normalized spacial score (nSPS) is 27.4. The predicted molar refractivity (Wildman–Crippen MR) is 105 cm³/mol. The molecule has 3 heterocycles. The van der Waals surface area contributed by atoms with Crippen molar-refractivity contribution in [1.29, 1.82) is 0 Å². The highest BCUT2D eigenvalue weighted by molar-refractivity contribution is 7.18. The molecule has 0 spiro atoms. The number of rotatable bonds is 6. The van der Waals surface area contributed by atoms with Crippen LogP contribution in [-0.2, 0) is 11.2 Å². The zero-order valence-corrected chi connectivity index (χ0v) is 16.2. The Hall–Kier alpha value is -1.17. The molecule has 0 saturated carbocycles. The fraction of sp³-hybridized carbons (Fsp3) is 0.579. The fourth-order valence-electron chi connectivity index (χ4n) is 4.44. The zero-order chi connectivity index (χ0) is 16.6. The van der Waals surface area contributed by atoms with E-state index in [1.54, 1.807) is 11.3 Å². The second kappa shape index (κ2) is 7.60. The van der Waals surface area contributed by atoms with Crippen molar-refractivity contribution < 1.29 is 4.79 Å². The molecule has 2 N–H and O–H groups in total. The van der Waals surface area contributed by atoms with E-state index in [0.29, 0.717) is 12.1 Å². The quantitative estimate of drug-likeness (QED) is 0.752. The van der Waals surface area contributed by atoms with Gasteiger partial charge in [0.25, 0.3) is 0 Å². The van der Waals surface area contributed by atoms with Crippen LogP contribution >= 0.6 is 23.7 Å². The number of hydrogen-bond donors (Lipinski definition) is 2. The molecule has 2 fully saturated rings. The Balaban J connectivity index is 0.00000182. The van der Waals surface area contributed by atoms with E-state index in [1.807, 2.05) is 6.07 Å². The van der Waals surface area contributed by atoms with E-state index in [-0.39, 0.29) is 23.7 Å². The van der Waals surface area contributed by atoms with E-state index in [0.717, 1.165) is 49.2 Å². The summed E-state index contributed by atoms with van der Waals surface area (Å²) in [4.78, 5) is 17.4. The van der Waals surface area contributed by atoms with Gasteiger partial charge in [-0.1, -0.05) is 19.1 Å². The van der Waals surface area contributed by atoms with Crippen LogP contribution in [0.15, 0.2) is 24.3 Å². The van der Waals surface area contributed by atoms with E-state index in [2.05, 4.69) is 40.7 Å². The smallest absolute Gasteiger partial charge is 0.227 e. The average Bonchev–Trinajstić information content (AvgIpc) is 3.31. The summed E-state index contributed by atoms with van der Waals surface area (Å²) in [6, 6.07) is 9.20. The van der Waals surface area contributed by atoms with Crippen LogP contribution in [0.2, 0.25) is 0 Å². The first-order chi connectivity index (χ1) is 11.7. The first kappa shape index (κ1) is 18.6. The van der Waals surface area contributed by atoms with E-state index < -0.39 is 0 Å². The van der Waals surface area contributed by atoms with Crippen molar-refractivity contribution in [3.8, 4) is 0 Å². The van der Waals surface area contributed by atoms with Gasteiger partial charge in [-0.2, -0.15) is 0 Å². The van der Waals surface area contributed by atoms with Gasteiger partial charge in [0.15, 0.2) is 0 Å². The summed E-state index contributed by atoms with van der Waals surface area (Å²) in [6.45, 7) is 2.90. The van der Waals surface area contributed by atoms with Crippen molar-refractivity contribution in [2.24, 2.45) is 5.41 Å². The number of amides is 1. The minimum atomic E-state index is -0.168. The number of aryl methyl sites for hydroxylation is 1. The highest BCUT2D eigenvalue weighted by atomic mass is 35.5. The van der Waals surface area contributed by atoms with Crippen LogP contribution in [0.25, 0.3) is 10.2 Å². The van der Waals surface area contributed by atoms with Crippen LogP contribution < -0.4 is 10.6 Å². The number of nitrogens with one attached hydrogen (secondary N) is 2. The van der Waals surface area contributed by atoms with Crippen LogP contribution in [0, 0.1) is 5.41 Å². The van der Waals surface area contributed by atoms with Crippen LogP contribution in [0.3, 0.4) is 0 Å². The summed E-state index contributed by atoms with van der Waals surface area (Å²) < 4.78 is 1.24. The van der Waals surface area contributed by atoms with Gasteiger partial charge in [0.1, 0.15) is 0 Å². The Morgan fingerprint density at radius 3 is 2.92 bits per heavy atom. The molecule has 25 heavy (non-hydrogen) atoms. The molecule has 4 nitrogen and oxygen atoms in total. The van der Waals surface area contributed by atoms with Crippen LogP contribution in [-0.4, -0.2) is 29.5 Å². The zero-order valence-electron chi connectivity index (χ0n) is 14.6. The first-order valence-corrected chi connectivity index (χ1v) is 9.92. The molecular formula is C19H26ClN3OS. The molecule has 136 valence electrons. The van der Waals surface area contributed by atoms with Gasteiger partial charge in [0.2, 0.25) is 5.91 Å². The molecule has 2 aliphatic rings. The fourth-order valence-corrected chi connectivity index (χ4v) is 5.45. The number of fused-ring (bicyclic) bond motifs is 3. The van der Waals surface area contributed by atoms with E-state index in [9.17, 15) is 4.79 Å². The third-order valence-corrected chi connectivity index (χ3v) is 6.89. The predicted octanol–water partition coefficient (Wildman–Crippen LogP) is 3.69. The molecule has 2 aliphatic heterocycles. The summed E-state index contributed by atoms with van der Waals surface area (Å²) in [7, 11) is 0. The number of hydrogen-bond acceptors (Lipinski definition) is 4. The van der Waals surface area contributed by atoms with Crippen LogP contribution in [0.4, 0.5) is 0 Å². The molecule has 1 aromatic carbocycles. The molecule has 2 bridgehead atoms. The maximum atomic E-state index is 12.8. The average molecular weight is 380 g/mol. The third-order valence-electron chi connectivity index (χ3n) is 5.79. The summed E-state index contributed by atoms with van der Waals surface area (Å²) in [5, 5.41) is 7.98. The number of benzene rings is 1. The molecule has 1 aromatic heterocycles. The minimum absolute atomic E-state index is 0. The molecule has 4 rings (SSSR count). The first-order valence-electron chi connectivity index (χ1n) is 9.10. The van der Waals surface area contributed by atoms with Gasteiger partial charge >= 0.3 is 0 Å². The minimum Gasteiger partial charge on any atom is -0.356 e. The lowest BCUT2D eigenvalue weighted by molar-refractivity contribution is -0.132. The lowest BCUT2D eigenvalue weighted by Crippen LogP contribution is -2.48. The van der Waals surface area contributed by atoms with Crippen LogP contribution in [0.1, 0.15) is 44.0 Å². The Labute approximate surface area is 159 Å². The number of nitrogens with zero attached hydrogens (tertiary/aromatic N) is 1. The lowest BCUT2D eigenvalue weighted by Gasteiger charge is -2.34. The summed E-state index contributed by atoms with van der Waals surface area (Å²) in [5.74, 6) is 0.258. The number of carbonyl (C=O) groups excluding carboxylic acids is 1. The molecular weight excluding hydrogens is 354 g/mol. The van der Waals surface area contributed by atoms with Crippen molar-refractivity contribution in [2.45, 2.75) is 57.5 Å². The molecule has 0 unspecified atom stereocenters. The number of thiazole rings is 1. The largest absolute Gasteiger partial charge is 0.356 e. The van der Waals surface area contributed by atoms with Gasteiger partial charge in [-0.05, 0) is 44.2 Å². The summed E-state index contributed by atoms with van der Waals surface area (Å²) >= 11 is 1.76. The summed E-state index contributed by atoms with van der Waals surface area (Å²) in [6.07, 6.45) is 6.22. The van der Waals surface area contributed by atoms with Crippen molar-refractivity contribution >= 4 is 39.9 Å². The second-order valence-electron chi connectivity index (χ2n) is 7.14. The highest BCUT2D eigenvalue weighted by Crippen LogP contribution is 2.45. The molecule has 0 aliphatic carbocycles. The van der Waals surface area contributed by atoms with Crippen molar-refractivity contribution in [3.05, 3.63) is 29.3 Å². The van der Waals surface area contributed by atoms with E-state index in [1.165, 1.54) is 11.1 Å². The third kappa shape index (κ3) is 3.42. The van der Waals surface area contributed by atoms with Gasteiger partial charge in [-0.25, -0.2) is 4.98 Å². The number of carbonyl (C=O) groups is 1. The van der Waals surface area contributed by atoms with Crippen molar-refractivity contribution in [3.63, 3.8) is 0 Å². The van der Waals surface area contributed by atoms with Gasteiger partial charge in [0, 0.05) is 25.0 Å². The summed E-state index contributed by atoms with van der Waals surface area (Å²) in [5.41, 5.74) is 0.915. The van der Waals surface area contributed by atoms with Crippen molar-refractivity contribution in [2.75, 3.05) is 6.54 Å². The molecule has 6 heteroatoms. The SMILES string of the molecule is CC[C@@]1(C(=O)NCCCc2nc3ccccc3s2)C[C@@H]2CC[C@H]1N2.Cl. The molecule has 1 amide bonds. The van der Waals surface area contributed by atoms with Gasteiger partial charge < -0.3 is 10.6 Å². The maximum absolute atomic E-state index is 12.8. The Bertz CT molecular complexity index is 716. The number of halogens is 1. The highest BCUT2D eigenvalue weighted by Gasteiger charge is 2.54. The Morgan fingerprint density at radius 2 is 2.24 bits per heavy atom. The topological polar surface area (TPSA) is 54.0 Å². The molecule has 2 aromatic rings. The number of para-hydroxylation sites is 1. The number of aromatic nitrogens is 1. The Kier molecular flexibility index (Phi) is 5.66. The molecule has 0 radical (unpaired) electrons. The second-order valence-corrected chi connectivity index (χ2v) is 8.26. The Morgan fingerprint density at radius 1 is 1.40 bits per heavy atom. The van der Waals surface area contributed by atoms with Gasteiger partial charge in [-0.3, -0.25) is 4.79 Å². The molecule has 2 saturated heterocycles.